The molecule has 36 heavy (non-hydrogen) atoms. The molecule has 6 aliphatic rings. The Kier molecular flexibility index (Phi) is 3.91. The Hall–Kier alpha value is -2.53. The fourth-order valence-electron chi connectivity index (χ4n) is 10.4. The molecule has 6 atom stereocenters. The zero-order valence-electron chi connectivity index (χ0n) is 21.2. The van der Waals surface area contributed by atoms with Gasteiger partial charge in [-0.15, -0.1) is 0 Å². The predicted molar refractivity (Wildman–Crippen MR) is 142 cm³/mol. The molecule has 5 fully saturated rings. The number of hydrogen-bond donors (Lipinski definition) is 1. The average molecular weight is 481 g/mol. The number of aromatic nitrogens is 2. The fourth-order valence-corrected chi connectivity index (χ4v) is 10.4. The van der Waals surface area contributed by atoms with Crippen molar-refractivity contribution in [2.45, 2.75) is 62.4 Å². The van der Waals surface area contributed by atoms with Crippen molar-refractivity contribution in [3.8, 4) is 5.75 Å². The normalized spacial score (nSPS) is 38.3. The van der Waals surface area contributed by atoms with Crippen molar-refractivity contribution in [1.82, 2.24) is 14.9 Å². The van der Waals surface area contributed by atoms with E-state index >= 15 is 0 Å². The van der Waals surface area contributed by atoms with Crippen LogP contribution in [0.3, 0.4) is 0 Å². The second-order valence-electron chi connectivity index (χ2n) is 12.9. The van der Waals surface area contributed by atoms with Crippen LogP contribution in [0.5, 0.6) is 5.75 Å². The Bertz CT molecular complexity index is 1340. The first-order valence-corrected chi connectivity index (χ1v) is 14.3. The van der Waals surface area contributed by atoms with Gasteiger partial charge in [0.25, 0.3) is 0 Å². The largest absolute Gasteiger partial charge is 0.497 e. The maximum atomic E-state index is 5.82. The summed E-state index contributed by atoms with van der Waals surface area (Å²) in [5, 5.41) is 0. The van der Waals surface area contributed by atoms with Crippen LogP contribution >= 0.6 is 0 Å². The summed E-state index contributed by atoms with van der Waals surface area (Å²) < 4.78 is 5.82. The van der Waals surface area contributed by atoms with Gasteiger partial charge in [0.2, 0.25) is 5.95 Å². The molecule has 9 rings (SSSR count). The van der Waals surface area contributed by atoms with Crippen LogP contribution in [0.15, 0.2) is 42.5 Å². The van der Waals surface area contributed by atoms with E-state index in [1.807, 2.05) is 7.11 Å². The molecule has 0 amide bonds. The first-order valence-electron chi connectivity index (χ1n) is 14.3. The number of piperidine rings is 1. The Labute approximate surface area is 213 Å². The van der Waals surface area contributed by atoms with E-state index in [1.54, 1.807) is 11.1 Å². The lowest BCUT2D eigenvalue weighted by atomic mass is 9.43. The van der Waals surface area contributed by atoms with Gasteiger partial charge in [0.05, 0.1) is 18.1 Å². The number of benzene rings is 2. The Morgan fingerprint density at radius 2 is 2.03 bits per heavy atom. The third-order valence-corrected chi connectivity index (χ3v) is 11.6. The number of rotatable bonds is 4. The number of nitrogens with one attached hydrogen (secondary N) is 1. The van der Waals surface area contributed by atoms with Gasteiger partial charge < -0.3 is 14.6 Å². The smallest absolute Gasteiger partial charge is 0.204 e. The number of imidazole rings is 1. The summed E-state index contributed by atoms with van der Waals surface area (Å²) in [6.45, 7) is 3.78. The molecule has 0 radical (unpaired) electrons. The first kappa shape index (κ1) is 20.5. The molecule has 1 aromatic heterocycles. The second-order valence-corrected chi connectivity index (χ2v) is 12.9. The summed E-state index contributed by atoms with van der Waals surface area (Å²) in [6.07, 6.45) is 9.54. The van der Waals surface area contributed by atoms with Crippen molar-refractivity contribution < 1.29 is 4.74 Å². The molecular weight excluding hydrogens is 444 g/mol. The number of H-pyrrole nitrogens is 1. The molecule has 1 N–H and O–H groups in total. The molecule has 4 aliphatic carbocycles. The Balaban J connectivity index is 1.19. The predicted octanol–water partition coefficient (Wildman–Crippen LogP) is 5.15. The summed E-state index contributed by atoms with van der Waals surface area (Å²) in [7, 11) is 1.83. The number of hydrogen-bond acceptors (Lipinski definition) is 4. The molecule has 4 bridgehead atoms. The number of likely N-dealkylation sites (tertiary alicyclic amines) is 1. The number of ether oxygens (including phenoxy) is 1. The van der Waals surface area contributed by atoms with E-state index < -0.39 is 0 Å². The lowest BCUT2D eigenvalue weighted by Crippen LogP contribution is -2.69. The van der Waals surface area contributed by atoms with Gasteiger partial charge in [0, 0.05) is 30.6 Å². The molecule has 5 nitrogen and oxygen atoms in total. The highest BCUT2D eigenvalue weighted by atomic mass is 16.5. The first-order chi connectivity index (χ1) is 17.7. The van der Waals surface area contributed by atoms with Gasteiger partial charge in [0.1, 0.15) is 5.75 Å². The number of aromatic amines is 1. The van der Waals surface area contributed by atoms with E-state index in [0.29, 0.717) is 11.5 Å². The van der Waals surface area contributed by atoms with E-state index in [4.69, 9.17) is 9.72 Å². The van der Waals surface area contributed by atoms with Gasteiger partial charge in [-0.2, -0.15) is 0 Å². The van der Waals surface area contributed by atoms with Crippen molar-refractivity contribution in [1.29, 1.82) is 0 Å². The van der Waals surface area contributed by atoms with Crippen LogP contribution in [0, 0.1) is 23.2 Å². The molecule has 3 heterocycles. The van der Waals surface area contributed by atoms with Crippen molar-refractivity contribution in [3.63, 3.8) is 0 Å². The minimum absolute atomic E-state index is 0.286. The van der Waals surface area contributed by atoms with Crippen LogP contribution in [0.2, 0.25) is 0 Å². The zero-order valence-corrected chi connectivity index (χ0v) is 21.2. The summed E-state index contributed by atoms with van der Waals surface area (Å²) in [4.78, 5) is 14.4. The molecule has 3 saturated carbocycles. The van der Waals surface area contributed by atoms with Crippen molar-refractivity contribution >= 4 is 17.0 Å². The molecule has 2 saturated heterocycles. The highest BCUT2D eigenvalue weighted by molar-refractivity contribution is 5.77. The van der Waals surface area contributed by atoms with Crippen molar-refractivity contribution in [2.75, 3.05) is 31.6 Å². The molecule has 2 aromatic carbocycles. The highest BCUT2D eigenvalue weighted by Crippen LogP contribution is 2.75. The van der Waals surface area contributed by atoms with E-state index in [9.17, 15) is 0 Å². The summed E-state index contributed by atoms with van der Waals surface area (Å²) in [5.74, 6) is 4.59. The van der Waals surface area contributed by atoms with E-state index in [-0.39, 0.29) is 5.41 Å². The quantitative estimate of drug-likeness (QED) is 0.561. The second kappa shape index (κ2) is 6.86. The minimum Gasteiger partial charge on any atom is -0.497 e. The number of methoxy groups -OCH3 is 1. The third-order valence-electron chi connectivity index (χ3n) is 11.6. The van der Waals surface area contributed by atoms with E-state index in [0.717, 1.165) is 53.1 Å². The van der Waals surface area contributed by atoms with E-state index in [2.05, 4.69) is 57.2 Å². The standard InChI is InChI=1S/C31H36N4O/c1-36-22-9-8-20-14-27-30-11-10-26-28(31(30,23(20)15-22)12-13-34(27)17-19-6-7-19)21(16-30)18-35(26)29-32-24-4-2-3-5-25(24)33-29/h2-5,8-9,15,19,21,26-28H,6-7,10-14,16-18H2,1H3,(H,32,33)/t21-,26?,27-,28?,30-,31+/m1/s1. The van der Waals surface area contributed by atoms with Gasteiger partial charge in [-0.05, 0) is 110 Å². The summed E-state index contributed by atoms with van der Waals surface area (Å²) in [6, 6.07) is 16.9. The van der Waals surface area contributed by atoms with Gasteiger partial charge in [-0.1, -0.05) is 18.2 Å². The van der Waals surface area contributed by atoms with Gasteiger partial charge in [-0.3, -0.25) is 4.90 Å². The van der Waals surface area contributed by atoms with Crippen LogP contribution in [0.4, 0.5) is 5.95 Å². The topological polar surface area (TPSA) is 44.4 Å². The van der Waals surface area contributed by atoms with Crippen LogP contribution in [0.1, 0.15) is 49.7 Å². The van der Waals surface area contributed by atoms with Crippen LogP contribution < -0.4 is 9.64 Å². The van der Waals surface area contributed by atoms with Gasteiger partial charge >= 0.3 is 0 Å². The Morgan fingerprint density at radius 1 is 1.11 bits per heavy atom. The number of anilines is 1. The number of fused-ring (bicyclic) bond motifs is 2. The Morgan fingerprint density at radius 3 is 2.89 bits per heavy atom. The van der Waals surface area contributed by atoms with Crippen LogP contribution in [-0.4, -0.2) is 53.7 Å². The number of nitrogens with zero attached hydrogens (tertiary/aromatic N) is 3. The fraction of sp³-hybridized carbons (Fsp3) is 0.581. The van der Waals surface area contributed by atoms with Gasteiger partial charge in [0.15, 0.2) is 0 Å². The lowest BCUT2D eigenvalue weighted by molar-refractivity contribution is -0.0921. The average Bonchev–Trinajstić information content (AvgIpc) is 3.41. The molecule has 186 valence electrons. The third kappa shape index (κ3) is 2.39. The maximum Gasteiger partial charge on any atom is 0.204 e. The molecule has 5 heteroatoms. The lowest BCUT2D eigenvalue weighted by Gasteiger charge is -2.66. The SMILES string of the molecule is COc1ccc2c(c1)[C@]13CCN(CC4CC4)[C@H](C2)[C@]12CCC1C3[C@@H](CN1c1nc3ccccc3[nH]1)C2. The van der Waals surface area contributed by atoms with Crippen LogP contribution in [-0.2, 0) is 11.8 Å². The zero-order chi connectivity index (χ0) is 23.6. The summed E-state index contributed by atoms with van der Waals surface area (Å²) >= 11 is 0. The van der Waals surface area contributed by atoms with Gasteiger partial charge in [-0.25, -0.2) is 4.98 Å². The number of para-hydroxylation sites is 2. The molecule has 0 spiro atoms. The maximum absolute atomic E-state index is 5.82. The highest BCUT2D eigenvalue weighted by Gasteiger charge is 2.76. The molecule has 2 aliphatic heterocycles. The van der Waals surface area contributed by atoms with Crippen molar-refractivity contribution in [2.24, 2.45) is 23.2 Å². The molecule has 2 unspecified atom stereocenters. The van der Waals surface area contributed by atoms with Crippen LogP contribution in [0.25, 0.3) is 11.0 Å². The monoisotopic (exact) mass is 480 g/mol. The minimum atomic E-state index is 0.286. The van der Waals surface area contributed by atoms with Crippen molar-refractivity contribution in [3.05, 3.63) is 53.6 Å². The summed E-state index contributed by atoms with van der Waals surface area (Å²) in [5.41, 5.74) is 6.25. The molecular formula is C31H36N4O. The molecule has 3 aromatic rings. The van der Waals surface area contributed by atoms with E-state index in [1.165, 1.54) is 58.0 Å².